The van der Waals surface area contributed by atoms with Crippen LogP contribution in [-0.2, 0) is 6.42 Å². The summed E-state index contributed by atoms with van der Waals surface area (Å²) in [5.41, 5.74) is 2.95. The Labute approximate surface area is 83.9 Å². The molecule has 46 valence electrons. The second-order valence-electron chi connectivity index (χ2n) is 2.44. The summed E-state index contributed by atoms with van der Waals surface area (Å²) in [6, 6.07) is 8.60. The van der Waals surface area contributed by atoms with E-state index in [0.717, 1.165) is 0 Å². The molecular weight excluding hydrogens is 131 g/mol. The van der Waals surface area contributed by atoms with Crippen LogP contribution in [0.25, 0.3) is 0 Å². The van der Waals surface area contributed by atoms with Gasteiger partial charge in [-0.25, -0.2) is 0 Å². The molecule has 0 spiro atoms. The SMILES string of the molecule is [Na+].c1ccc2c(c1)[CH-]CC2. The van der Waals surface area contributed by atoms with Crippen molar-refractivity contribution in [3.63, 3.8) is 0 Å². The zero-order valence-corrected chi connectivity index (χ0v) is 8.30. The van der Waals surface area contributed by atoms with Crippen molar-refractivity contribution < 1.29 is 29.6 Å². The van der Waals surface area contributed by atoms with Crippen molar-refractivity contribution in [2.24, 2.45) is 0 Å². The summed E-state index contributed by atoms with van der Waals surface area (Å²) in [6.07, 6.45) is 4.78. The molecule has 0 aromatic heterocycles. The third-order valence-electron chi connectivity index (χ3n) is 1.83. The fourth-order valence-electron chi connectivity index (χ4n) is 1.34. The third-order valence-corrected chi connectivity index (χ3v) is 1.83. The summed E-state index contributed by atoms with van der Waals surface area (Å²) in [6.45, 7) is 0. The van der Waals surface area contributed by atoms with E-state index in [4.69, 9.17) is 0 Å². The topological polar surface area (TPSA) is 0 Å². The van der Waals surface area contributed by atoms with Gasteiger partial charge in [0.25, 0.3) is 0 Å². The minimum Gasteiger partial charge on any atom is -0.189 e. The molecule has 0 bridgehead atoms. The first kappa shape index (κ1) is 8.19. The summed E-state index contributed by atoms with van der Waals surface area (Å²) in [5.74, 6) is 0. The van der Waals surface area contributed by atoms with Gasteiger partial charge in [0, 0.05) is 0 Å². The van der Waals surface area contributed by atoms with E-state index < -0.39 is 0 Å². The van der Waals surface area contributed by atoms with Crippen molar-refractivity contribution in [1.82, 2.24) is 0 Å². The Bertz CT molecular complexity index is 195. The molecule has 0 atom stereocenters. The minimum absolute atomic E-state index is 0. The van der Waals surface area contributed by atoms with Crippen LogP contribution in [0.5, 0.6) is 0 Å². The third kappa shape index (κ3) is 1.39. The van der Waals surface area contributed by atoms with Crippen LogP contribution in [0.4, 0.5) is 0 Å². The number of hydrogen-bond donors (Lipinski definition) is 0. The molecule has 1 heteroatoms. The zero-order chi connectivity index (χ0) is 6.10. The van der Waals surface area contributed by atoms with Gasteiger partial charge in [-0.15, -0.1) is 17.7 Å². The van der Waals surface area contributed by atoms with Crippen LogP contribution in [0.3, 0.4) is 0 Å². The van der Waals surface area contributed by atoms with E-state index in [1.54, 1.807) is 0 Å². The number of aryl methyl sites for hydroxylation is 1. The molecule has 0 heterocycles. The Balaban J connectivity index is 0.000000500. The molecule has 0 saturated carbocycles. The van der Waals surface area contributed by atoms with E-state index in [-0.39, 0.29) is 29.6 Å². The molecule has 0 radical (unpaired) electrons. The summed E-state index contributed by atoms with van der Waals surface area (Å²) in [5, 5.41) is 0. The van der Waals surface area contributed by atoms with Crippen LogP contribution >= 0.6 is 0 Å². The average Bonchev–Trinajstić information content (AvgIpc) is 2.33. The smallest absolute Gasteiger partial charge is 0.189 e. The molecule has 0 aliphatic heterocycles. The van der Waals surface area contributed by atoms with Crippen LogP contribution in [0.2, 0.25) is 0 Å². The Morgan fingerprint density at radius 2 is 2.00 bits per heavy atom. The maximum atomic E-state index is 2.30. The number of fused-ring (bicyclic) bond motifs is 1. The fraction of sp³-hybridized carbons (Fsp3) is 0.222. The van der Waals surface area contributed by atoms with Crippen molar-refractivity contribution >= 4 is 0 Å². The predicted molar refractivity (Wildman–Crippen MR) is 38.2 cm³/mol. The minimum atomic E-state index is 0. The molecule has 10 heavy (non-hydrogen) atoms. The van der Waals surface area contributed by atoms with Crippen molar-refractivity contribution in [2.45, 2.75) is 12.8 Å². The predicted octanol–water partition coefficient (Wildman–Crippen LogP) is -0.811. The normalized spacial score (nSPS) is 13.2. The Morgan fingerprint density at radius 1 is 1.20 bits per heavy atom. The molecule has 1 aliphatic carbocycles. The van der Waals surface area contributed by atoms with E-state index in [9.17, 15) is 0 Å². The summed E-state index contributed by atoms with van der Waals surface area (Å²) >= 11 is 0. The van der Waals surface area contributed by atoms with Crippen LogP contribution in [0.15, 0.2) is 24.3 Å². The summed E-state index contributed by atoms with van der Waals surface area (Å²) in [4.78, 5) is 0. The first-order valence-corrected chi connectivity index (χ1v) is 3.38. The van der Waals surface area contributed by atoms with Crippen LogP contribution < -0.4 is 29.6 Å². The quantitative estimate of drug-likeness (QED) is 0.326. The van der Waals surface area contributed by atoms with Gasteiger partial charge >= 0.3 is 29.6 Å². The van der Waals surface area contributed by atoms with Gasteiger partial charge in [0.15, 0.2) is 0 Å². The van der Waals surface area contributed by atoms with Crippen LogP contribution in [-0.4, -0.2) is 0 Å². The van der Waals surface area contributed by atoms with Crippen molar-refractivity contribution in [3.05, 3.63) is 41.8 Å². The Morgan fingerprint density at radius 3 is 2.80 bits per heavy atom. The van der Waals surface area contributed by atoms with Gasteiger partial charge in [0.05, 0.1) is 0 Å². The molecule has 1 aromatic carbocycles. The second-order valence-corrected chi connectivity index (χ2v) is 2.44. The first-order chi connectivity index (χ1) is 4.47. The first-order valence-electron chi connectivity index (χ1n) is 3.38. The van der Waals surface area contributed by atoms with E-state index >= 15 is 0 Å². The maximum absolute atomic E-state index is 2.30. The molecule has 0 amide bonds. The monoisotopic (exact) mass is 140 g/mol. The number of benzene rings is 1. The van der Waals surface area contributed by atoms with Crippen molar-refractivity contribution in [1.29, 1.82) is 0 Å². The van der Waals surface area contributed by atoms with Crippen LogP contribution in [0.1, 0.15) is 17.5 Å². The van der Waals surface area contributed by atoms with Gasteiger partial charge < -0.3 is 0 Å². The molecule has 0 N–H and O–H groups in total. The van der Waals surface area contributed by atoms with Gasteiger partial charge in [0.2, 0.25) is 0 Å². The van der Waals surface area contributed by atoms with Crippen molar-refractivity contribution in [3.8, 4) is 0 Å². The van der Waals surface area contributed by atoms with Gasteiger partial charge in [0.1, 0.15) is 0 Å². The Hall–Kier alpha value is 0.0900. The second kappa shape index (κ2) is 3.47. The van der Waals surface area contributed by atoms with E-state index in [0.29, 0.717) is 0 Å². The van der Waals surface area contributed by atoms with Crippen molar-refractivity contribution in [2.75, 3.05) is 0 Å². The van der Waals surface area contributed by atoms with Gasteiger partial charge in [-0.3, -0.25) is 0 Å². The molecule has 2 rings (SSSR count). The van der Waals surface area contributed by atoms with E-state index in [2.05, 4.69) is 30.7 Å². The number of rotatable bonds is 0. The fourth-order valence-corrected chi connectivity index (χ4v) is 1.34. The molecule has 0 unspecified atom stereocenters. The largest absolute Gasteiger partial charge is 1.00 e. The molecule has 0 fully saturated rings. The summed E-state index contributed by atoms with van der Waals surface area (Å²) in [7, 11) is 0. The van der Waals surface area contributed by atoms with Gasteiger partial charge in [-0.2, -0.15) is 18.1 Å². The summed E-state index contributed by atoms with van der Waals surface area (Å²) < 4.78 is 0. The molecule has 0 nitrogen and oxygen atoms in total. The maximum Gasteiger partial charge on any atom is 1.00 e. The Kier molecular flexibility index (Phi) is 2.84. The van der Waals surface area contributed by atoms with Crippen LogP contribution in [0, 0.1) is 6.42 Å². The standard InChI is InChI=1S/C9H9.Na/c1-2-5-9-7-3-6-8(9)4-1;/h1-2,4-6H,3,7H2;/q-1;+1. The number of hydrogen-bond acceptors (Lipinski definition) is 0. The molecule has 1 aliphatic rings. The van der Waals surface area contributed by atoms with Gasteiger partial charge in [-0.1, -0.05) is 18.9 Å². The molecule has 1 aromatic rings. The molecule has 0 saturated heterocycles. The van der Waals surface area contributed by atoms with E-state index in [1.165, 1.54) is 24.0 Å². The average molecular weight is 140 g/mol. The van der Waals surface area contributed by atoms with E-state index in [1.807, 2.05) is 0 Å². The zero-order valence-electron chi connectivity index (χ0n) is 6.30. The molecular formula is C9H9Na. The van der Waals surface area contributed by atoms with Gasteiger partial charge in [-0.05, 0) is 0 Å².